The summed E-state index contributed by atoms with van der Waals surface area (Å²) in [5.74, 6) is -0.266. The topological polar surface area (TPSA) is 70.6 Å². The highest BCUT2D eigenvalue weighted by atomic mass is 32.2. The Morgan fingerprint density at radius 2 is 1.73 bits per heavy atom. The summed E-state index contributed by atoms with van der Waals surface area (Å²) in [6.45, 7) is 6.55. The number of benzene rings is 2. The Bertz CT molecular complexity index is 1160. The van der Waals surface area contributed by atoms with E-state index < -0.39 is 9.84 Å². The molecule has 0 saturated carbocycles. The van der Waals surface area contributed by atoms with E-state index in [-0.39, 0.29) is 23.0 Å². The fraction of sp³-hybridized carbons (Fsp3) is 0.364. The number of carbonyl (C=O) groups excluding carboxylic acids is 1. The smallest absolute Gasteiger partial charge is 0.223 e. The van der Waals surface area contributed by atoms with Gasteiger partial charge in [0.25, 0.3) is 0 Å². The molecule has 0 radical (unpaired) electrons. The van der Waals surface area contributed by atoms with Crippen molar-refractivity contribution in [1.29, 1.82) is 0 Å². The highest BCUT2D eigenvalue weighted by Crippen LogP contribution is 2.31. The number of hydrogen-bond donors (Lipinski definition) is 0. The van der Waals surface area contributed by atoms with E-state index in [0.29, 0.717) is 26.2 Å². The first kappa shape index (κ1) is 20.8. The van der Waals surface area contributed by atoms with Crippen LogP contribution in [0.2, 0.25) is 0 Å². The van der Waals surface area contributed by atoms with Crippen LogP contribution in [-0.2, 0) is 14.6 Å². The van der Waals surface area contributed by atoms with Crippen LogP contribution in [0.5, 0.6) is 0 Å². The summed E-state index contributed by atoms with van der Waals surface area (Å²) in [4.78, 5) is 21.6. The van der Waals surface area contributed by atoms with Crippen LogP contribution in [0.4, 0.5) is 5.13 Å². The normalized spacial score (nSPS) is 15.0. The molecular weight excluding hydrogens is 418 g/mol. The Labute approximate surface area is 181 Å². The molecule has 0 unspecified atom stereocenters. The molecule has 2 heterocycles. The zero-order chi connectivity index (χ0) is 21.3. The fourth-order valence-electron chi connectivity index (χ4n) is 3.60. The Kier molecular flexibility index (Phi) is 5.79. The summed E-state index contributed by atoms with van der Waals surface area (Å²) in [6, 6.07) is 12.9. The number of rotatable bonds is 5. The van der Waals surface area contributed by atoms with E-state index in [0.717, 1.165) is 16.2 Å². The van der Waals surface area contributed by atoms with Gasteiger partial charge in [0, 0.05) is 32.6 Å². The van der Waals surface area contributed by atoms with Crippen LogP contribution in [0, 0.1) is 13.8 Å². The van der Waals surface area contributed by atoms with Crippen LogP contribution in [0.3, 0.4) is 0 Å². The summed E-state index contributed by atoms with van der Waals surface area (Å²) >= 11 is 1.67. The third kappa shape index (κ3) is 4.34. The highest BCUT2D eigenvalue weighted by Gasteiger charge is 2.25. The van der Waals surface area contributed by atoms with Gasteiger partial charge < -0.3 is 9.80 Å². The minimum Gasteiger partial charge on any atom is -0.345 e. The van der Waals surface area contributed by atoms with Crippen molar-refractivity contribution in [3.05, 3.63) is 53.6 Å². The standard InChI is InChI=1S/C22H25N3O3S2/c1-16-6-8-18(9-7-16)30(27,28)15-10-20(26)24-11-13-25(14-12-24)22-23-21-17(2)4-3-5-19(21)29-22/h3-9H,10-15H2,1-2H3. The van der Waals surface area contributed by atoms with Crippen molar-refractivity contribution in [3.8, 4) is 0 Å². The van der Waals surface area contributed by atoms with Gasteiger partial charge in [-0.15, -0.1) is 0 Å². The summed E-state index contributed by atoms with van der Waals surface area (Å²) < 4.78 is 26.2. The molecule has 1 aliphatic heterocycles. The molecule has 1 fully saturated rings. The molecule has 1 amide bonds. The van der Waals surface area contributed by atoms with Gasteiger partial charge in [0.15, 0.2) is 15.0 Å². The Morgan fingerprint density at radius 3 is 2.40 bits per heavy atom. The molecule has 30 heavy (non-hydrogen) atoms. The SMILES string of the molecule is Cc1ccc(S(=O)(=O)CCC(=O)N2CCN(c3nc4c(C)cccc4s3)CC2)cc1. The number of anilines is 1. The monoisotopic (exact) mass is 443 g/mol. The summed E-state index contributed by atoms with van der Waals surface area (Å²) in [6.07, 6.45) is 0.0105. The van der Waals surface area contributed by atoms with Crippen LogP contribution < -0.4 is 4.90 Å². The van der Waals surface area contributed by atoms with Gasteiger partial charge in [-0.1, -0.05) is 41.2 Å². The maximum absolute atomic E-state index is 12.6. The van der Waals surface area contributed by atoms with Gasteiger partial charge in [0.2, 0.25) is 5.91 Å². The Balaban J connectivity index is 1.33. The molecule has 1 saturated heterocycles. The van der Waals surface area contributed by atoms with Crippen molar-refractivity contribution < 1.29 is 13.2 Å². The first-order chi connectivity index (χ1) is 14.3. The summed E-state index contributed by atoms with van der Waals surface area (Å²) in [7, 11) is -3.45. The Morgan fingerprint density at radius 1 is 1.03 bits per heavy atom. The number of amides is 1. The number of carbonyl (C=O) groups is 1. The molecule has 6 nitrogen and oxygen atoms in total. The first-order valence-corrected chi connectivity index (χ1v) is 12.5. The predicted molar refractivity (Wildman–Crippen MR) is 121 cm³/mol. The van der Waals surface area contributed by atoms with Gasteiger partial charge in [-0.3, -0.25) is 4.79 Å². The first-order valence-electron chi connectivity index (χ1n) is 10.0. The quantitative estimate of drug-likeness (QED) is 0.604. The van der Waals surface area contributed by atoms with E-state index in [1.807, 2.05) is 13.0 Å². The fourth-order valence-corrected chi connectivity index (χ4v) is 5.93. The number of aromatic nitrogens is 1. The maximum atomic E-state index is 12.6. The number of aryl methyl sites for hydroxylation is 2. The second-order valence-corrected chi connectivity index (χ2v) is 10.8. The van der Waals surface area contributed by atoms with Gasteiger partial charge in [0.05, 0.1) is 20.9 Å². The van der Waals surface area contributed by atoms with Crippen LogP contribution in [0.25, 0.3) is 10.2 Å². The average molecular weight is 444 g/mol. The third-order valence-electron chi connectivity index (χ3n) is 5.48. The van der Waals surface area contributed by atoms with Gasteiger partial charge in [-0.2, -0.15) is 0 Å². The largest absolute Gasteiger partial charge is 0.345 e. The number of nitrogens with zero attached hydrogens (tertiary/aromatic N) is 3. The molecule has 2 aromatic carbocycles. The van der Waals surface area contributed by atoms with Crippen molar-refractivity contribution in [2.24, 2.45) is 0 Å². The molecule has 1 aromatic heterocycles. The van der Waals surface area contributed by atoms with Gasteiger partial charge in [-0.05, 0) is 37.6 Å². The van der Waals surface area contributed by atoms with Gasteiger partial charge in [-0.25, -0.2) is 13.4 Å². The minimum atomic E-state index is -3.45. The summed E-state index contributed by atoms with van der Waals surface area (Å²) in [5.41, 5.74) is 3.21. The molecule has 158 valence electrons. The minimum absolute atomic E-state index is 0.0105. The molecule has 0 bridgehead atoms. The van der Waals surface area contributed by atoms with E-state index in [1.165, 1.54) is 10.3 Å². The lowest BCUT2D eigenvalue weighted by atomic mass is 10.2. The molecule has 0 spiro atoms. The predicted octanol–water partition coefficient (Wildman–Crippen LogP) is 3.43. The van der Waals surface area contributed by atoms with Gasteiger partial charge in [0.1, 0.15) is 0 Å². The van der Waals surface area contributed by atoms with E-state index in [4.69, 9.17) is 4.98 Å². The van der Waals surface area contributed by atoms with E-state index in [2.05, 4.69) is 24.0 Å². The lowest BCUT2D eigenvalue weighted by molar-refractivity contribution is -0.131. The van der Waals surface area contributed by atoms with Crippen molar-refractivity contribution in [1.82, 2.24) is 9.88 Å². The lowest BCUT2D eigenvalue weighted by Gasteiger charge is -2.34. The molecule has 0 aliphatic carbocycles. The van der Waals surface area contributed by atoms with Crippen molar-refractivity contribution in [2.45, 2.75) is 25.2 Å². The van der Waals surface area contributed by atoms with Crippen molar-refractivity contribution in [2.75, 3.05) is 36.8 Å². The molecular formula is C22H25N3O3S2. The molecule has 0 N–H and O–H groups in total. The molecule has 1 aliphatic rings. The number of sulfone groups is 1. The number of piperazine rings is 1. The van der Waals surface area contributed by atoms with Crippen LogP contribution in [0.1, 0.15) is 17.5 Å². The molecule has 4 rings (SSSR count). The lowest BCUT2D eigenvalue weighted by Crippen LogP contribution is -2.49. The second-order valence-electron chi connectivity index (χ2n) is 7.67. The number of hydrogen-bond acceptors (Lipinski definition) is 6. The van der Waals surface area contributed by atoms with Crippen molar-refractivity contribution >= 4 is 42.4 Å². The number of thiazole rings is 1. The summed E-state index contributed by atoms with van der Waals surface area (Å²) in [5, 5.41) is 0.980. The van der Waals surface area contributed by atoms with E-state index >= 15 is 0 Å². The van der Waals surface area contributed by atoms with Crippen LogP contribution in [-0.4, -0.2) is 56.1 Å². The number of fused-ring (bicyclic) bond motifs is 1. The molecule has 0 atom stereocenters. The highest BCUT2D eigenvalue weighted by molar-refractivity contribution is 7.91. The third-order valence-corrected chi connectivity index (χ3v) is 8.29. The molecule has 8 heteroatoms. The van der Waals surface area contributed by atoms with E-state index in [1.54, 1.807) is 40.5 Å². The second kappa shape index (κ2) is 8.35. The van der Waals surface area contributed by atoms with Crippen LogP contribution >= 0.6 is 11.3 Å². The van der Waals surface area contributed by atoms with Gasteiger partial charge >= 0.3 is 0 Å². The van der Waals surface area contributed by atoms with E-state index in [9.17, 15) is 13.2 Å². The zero-order valence-electron chi connectivity index (χ0n) is 17.2. The van der Waals surface area contributed by atoms with Crippen LogP contribution in [0.15, 0.2) is 47.4 Å². The Hall–Kier alpha value is -2.45. The van der Waals surface area contributed by atoms with Crippen molar-refractivity contribution in [3.63, 3.8) is 0 Å². The zero-order valence-corrected chi connectivity index (χ0v) is 18.8. The maximum Gasteiger partial charge on any atom is 0.223 e. The number of para-hydroxylation sites is 1. The molecule has 3 aromatic rings. The average Bonchev–Trinajstić information content (AvgIpc) is 3.18.